The van der Waals surface area contributed by atoms with E-state index in [0.29, 0.717) is 0 Å². The Kier molecular flexibility index (Phi) is 2.90. The van der Waals surface area contributed by atoms with E-state index in [1.807, 2.05) is 0 Å². The van der Waals surface area contributed by atoms with Gasteiger partial charge in [-0.25, -0.2) is 0 Å². The van der Waals surface area contributed by atoms with Gasteiger partial charge in [-0.3, -0.25) is 14.0 Å². The van der Waals surface area contributed by atoms with E-state index in [1.54, 1.807) is 0 Å². The second-order valence-corrected chi connectivity index (χ2v) is 4.29. The molecule has 0 radical (unpaired) electrons. The van der Waals surface area contributed by atoms with E-state index in [0.717, 1.165) is 10.9 Å². The molecule has 2 aromatic heterocycles. The number of nitrogens with zero attached hydrogens (tertiary/aromatic N) is 4. The molecule has 1 saturated heterocycles. The summed E-state index contributed by atoms with van der Waals surface area (Å²) < 4.78 is 10.3. The van der Waals surface area contributed by atoms with E-state index >= 15 is 0 Å². The van der Waals surface area contributed by atoms with Crippen molar-refractivity contribution in [3.8, 4) is 0 Å². The Hall–Kier alpha value is -2.08. The number of hydrogen-bond donors (Lipinski definition) is 3. The molecule has 20 heavy (non-hydrogen) atoms. The number of ether oxygens (including phenoxy) is 1. The van der Waals surface area contributed by atoms with Crippen molar-refractivity contribution < 1.29 is 29.6 Å². The molecule has 11 nitrogen and oxygen atoms in total. The summed E-state index contributed by atoms with van der Waals surface area (Å²) in [5.74, 6) is 0. The van der Waals surface area contributed by atoms with Gasteiger partial charge < -0.3 is 25.3 Å². The average molecular weight is 286 g/mol. The summed E-state index contributed by atoms with van der Waals surface area (Å²) in [4.78, 5) is 15.7. The monoisotopic (exact) mass is 286 g/mol. The molecule has 4 atom stereocenters. The third kappa shape index (κ3) is 1.68. The molecule has 0 aromatic carbocycles. The van der Waals surface area contributed by atoms with Gasteiger partial charge >= 0.3 is 16.7 Å². The lowest BCUT2D eigenvalue weighted by atomic mass is 10.1. The normalized spacial score (nSPS) is 30.1. The third-order valence-corrected chi connectivity index (χ3v) is 3.13. The lowest BCUT2D eigenvalue weighted by molar-refractivity contribution is -0.782. The van der Waals surface area contributed by atoms with Crippen molar-refractivity contribution >= 4 is 11.2 Å². The van der Waals surface area contributed by atoms with Gasteiger partial charge in [-0.1, -0.05) is 0 Å². The lowest BCUT2D eigenvalue weighted by Crippen LogP contribution is -2.38. The summed E-state index contributed by atoms with van der Waals surface area (Å²) in [5, 5.41) is 43.0. The zero-order valence-corrected chi connectivity index (χ0v) is 9.86. The summed E-state index contributed by atoms with van der Waals surface area (Å²) >= 11 is 0. The highest BCUT2D eigenvalue weighted by atomic mass is 16.8. The smallest absolute Gasteiger partial charge is 0.347 e. The van der Waals surface area contributed by atoms with Crippen molar-refractivity contribution in [2.45, 2.75) is 24.5 Å². The van der Waals surface area contributed by atoms with Crippen LogP contribution in [0.15, 0.2) is 15.8 Å². The highest BCUT2D eigenvalue weighted by molar-refractivity contribution is 5.62. The highest BCUT2D eigenvalue weighted by Gasteiger charge is 2.44. The molecular formula is C9H10N4O7. The number of aliphatic hydroxyl groups excluding tert-OH is 3. The van der Waals surface area contributed by atoms with Crippen molar-refractivity contribution in [1.29, 1.82) is 0 Å². The quantitative estimate of drug-likeness (QED) is 0.479. The first-order chi connectivity index (χ1) is 9.54. The molecule has 0 amide bonds. The Morgan fingerprint density at radius 3 is 2.85 bits per heavy atom. The average Bonchev–Trinajstić information content (AvgIpc) is 2.94. The Labute approximate surface area is 109 Å². The first-order valence-corrected chi connectivity index (χ1v) is 5.63. The number of aliphatic hydroxyl groups is 3. The Morgan fingerprint density at radius 2 is 2.20 bits per heavy atom. The predicted octanol–water partition coefficient (Wildman–Crippen LogP) is -3.37. The van der Waals surface area contributed by atoms with Gasteiger partial charge in [-0.05, 0) is 4.90 Å². The summed E-state index contributed by atoms with van der Waals surface area (Å²) in [7, 11) is 0. The first kappa shape index (κ1) is 12.9. The molecule has 3 heterocycles. The van der Waals surface area contributed by atoms with Gasteiger partial charge in [0, 0.05) is 0 Å². The molecule has 0 spiro atoms. The fourth-order valence-corrected chi connectivity index (χ4v) is 2.08. The Morgan fingerprint density at radius 1 is 1.45 bits per heavy atom. The summed E-state index contributed by atoms with van der Waals surface area (Å²) in [5.41, 5.74) is -1.49. The number of fused-ring (bicyclic) bond motifs is 1. The molecule has 0 unspecified atom stereocenters. The molecule has 1 fully saturated rings. The zero-order valence-electron chi connectivity index (χ0n) is 9.86. The standard InChI is InChI=1S/C9H10N4O7/c14-1-3-5(15)6(16)9(19-3)12-2-10-7-4(8(12)17)13(18)20-11-7/h2-3,5-6,9,14-16H,1H2/t3-,5+,6+,9-/m0/s1. The van der Waals surface area contributed by atoms with E-state index < -0.39 is 42.2 Å². The molecule has 11 heteroatoms. The van der Waals surface area contributed by atoms with Crippen molar-refractivity contribution in [2.75, 3.05) is 6.61 Å². The number of aromatic nitrogens is 4. The van der Waals surface area contributed by atoms with E-state index in [4.69, 9.17) is 9.84 Å². The molecule has 3 N–H and O–H groups in total. The van der Waals surface area contributed by atoms with Crippen LogP contribution in [0.5, 0.6) is 0 Å². The highest BCUT2D eigenvalue weighted by Crippen LogP contribution is 2.28. The van der Waals surface area contributed by atoms with Crippen LogP contribution < -0.4 is 10.5 Å². The van der Waals surface area contributed by atoms with Gasteiger partial charge in [-0.2, -0.15) is 4.98 Å². The molecule has 1 aliphatic rings. The van der Waals surface area contributed by atoms with Crippen molar-refractivity contribution in [2.24, 2.45) is 0 Å². The molecule has 0 aliphatic carbocycles. The molecular weight excluding hydrogens is 276 g/mol. The first-order valence-electron chi connectivity index (χ1n) is 5.63. The maximum absolute atomic E-state index is 12.1. The molecule has 0 saturated carbocycles. The van der Waals surface area contributed by atoms with Crippen molar-refractivity contribution in [3.05, 3.63) is 21.9 Å². The van der Waals surface area contributed by atoms with Crippen molar-refractivity contribution in [3.63, 3.8) is 0 Å². The zero-order chi connectivity index (χ0) is 14.4. The minimum atomic E-state index is -1.45. The second kappa shape index (κ2) is 4.49. The van der Waals surface area contributed by atoms with E-state index in [-0.39, 0.29) is 10.6 Å². The van der Waals surface area contributed by atoms with Gasteiger partial charge in [0.2, 0.25) is 0 Å². The topological polar surface area (TPSA) is 158 Å². The SMILES string of the molecule is O=c1c2c(ncn1[C@H]1O[C@@H](CO)[C@@H](O)[C@H]1O)no[n+]2[O-]. The maximum Gasteiger partial charge on any atom is 0.347 e. The van der Waals surface area contributed by atoms with Gasteiger partial charge in [0.15, 0.2) is 6.23 Å². The summed E-state index contributed by atoms with van der Waals surface area (Å²) in [6, 6.07) is 0. The van der Waals surface area contributed by atoms with Crippen LogP contribution in [0, 0.1) is 5.21 Å². The predicted molar refractivity (Wildman–Crippen MR) is 58.0 cm³/mol. The minimum absolute atomic E-state index is 0.109. The maximum atomic E-state index is 12.1. The van der Waals surface area contributed by atoms with Crippen LogP contribution in [0.4, 0.5) is 0 Å². The van der Waals surface area contributed by atoms with Gasteiger partial charge in [0.1, 0.15) is 24.6 Å². The number of hydrogen-bond acceptors (Lipinski definition) is 9. The fraction of sp³-hybridized carbons (Fsp3) is 0.556. The Balaban J connectivity index is 2.09. The summed E-state index contributed by atoms with van der Waals surface area (Å²) in [6.07, 6.45) is -4.13. The molecule has 108 valence electrons. The van der Waals surface area contributed by atoms with Crippen molar-refractivity contribution in [1.82, 2.24) is 14.7 Å². The van der Waals surface area contributed by atoms with E-state index in [9.17, 15) is 20.2 Å². The van der Waals surface area contributed by atoms with E-state index in [2.05, 4.69) is 14.8 Å². The van der Waals surface area contributed by atoms with Gasteiger partial charge in [0.25, 0.3) is 0 Å². The van der Waals surface area contributed by atoms with E-state index in [1.165, 1.54) is 0 Å². The molecule has 0 bridgehead atoms. The van der Waals surface area contributed by atoms with Crippen LogP contribution in [-0.2, 0) is 4.74 Å². The van der Waals surface area contributed by atoms with Crippen LogP contribution >= 0.6 is 0 Å². The van der Waals surface area contributed by atoms with Gasteiger partial charge in [0.05, 0.1) is 11.8 Å². The lowest BCUT2D eigenvalue weighted by Gasteiger charge is -2.16. The molecule has 1 aliphatic heterocycles. The van der Waals surface area contributed by atoms with Crippen LogP contribution in [0.1, 0.15) is 6.23 Å². The van der Waals surface area contributed by atoms with Crippen LogP contribution in [0.2, 0.25) is 0 Å². The molecule has 3 rings (SSSR count). The van der Waals surface area contributed by atoms with Crippen LogP contribution in [0.3, 0.4) is 0 Å². The Bertz CT molecular complexity index is 697. The van der Waals surface area contributed by atoms with Gasteiger partial charge in [-0.15, -0.1) is 0 Å². The second-order valence-electron chi connectivity index (χ2n) is 4.29. The minimum Gasteiger partial charge on any atom is -0.394 e. The molecule has 2 aromatic rings. The number of rotatable bonds is 2. The third-order valence-electron chi connectivity index (χ3n) is 3.13. The fourth-order valence-electron chi connectivity index (χ4n) is 2.08. The largest absolute Gasteiger partial charge is 0.394 e. The summed E-state index contributed by atoms with van der Waals surface area (Å²) in [6.45, 7) is -0.534. The van der Waals surface area contributed by atoms with Crippen LogP contribution in [0.25, 0.3) is 11.2 Å². The van der Waals surface area contributed by atoms with Crippen LogP contribution in [-0.4, -0.2) is 54.9 Å².